The van der Waals surface area contributed by atoms with E-state index in [4.69, 9.17) is 4.74 Å². The minimum Gasteiger partial charge on any atom is -0.481 e. The average Bonchev–Trinajstić information content (AvgIpc) is 3.03. The molecule has 1 amide bonds. The van der Waals surface area contributed by atoms with E-state index < -0.39 is 6.10 Å². The van der Waals surface area contributed by atoms with Crippen LogP contribution in [-0.2, 0) is 17.6 Å². The van der Waals surface area contributed by atoms with Crippen LogP contribution < -0.4 is 10.1 Å². The highest BCUT2D eigenvalue weighted by molar-refractivity contribution is 5.81. The predicted molar refractivity (Wildman–Crippen MR) is 91.6 cm³/mol. The van der Waals surface area contributed by atoms with E-state index in [9.17, 15) is 4.79 Å². The monoisotopic (exact) mass is 309 g/mol. The summed E-state index contributed by atoms with van der Waals surface area (Å²) in [5.74, 6) is 0.613. The maximum atomic E-state index is 12.3. The molecule has 3 heteroatoms. The molecule has 0 unspecified atom stereocenters. The molecule has 0 radical (unpaired) electrons. The number of hydrogen-bond acceptors (Lipinski definition) is 2. The molecule has 0 heterocycles. The molecule has 0 fully saturated rings. The van der Waals surface area contributed by atoms with Crippen LogP contribution in [0.3, 0.4) is 0 Å². The van der Waals surface area contributed by atoms with Crippen LogP contribution in [0, 0.1) is 0 Å². The molecule has 3 nitrogen and oxygen atoms in total. The fourth-order valence-electron chi connectivity index (χ4n) is 3.03. The van der Waals surface area contributed by atoms with Crippen LogP contribution in [0.2, 0.25) is 0 Å². The first-order valence-corrected chi connectivity index (χ1v) is 8.27. The maximum absolute atomic E-state index is 12.3. The molecule has 23 heavy (non-hydrogen) atoms. The Labute approximate surface area is 137 Å². The quantitative estimate of drug-likeness (QED) is 0.912. The highest BCUT2D eigenvalue weighted by Gasteiger charge is 2.19. The summed E-state index contributed by atoms with van der Waals surface area (Å²) in [5, 5.41) is 3.04. The number of carbonyl (C=O) groups is 1. The molecule has 2 atom stereocenters. The van der Waals surface area contributed by atoms with Gasteiger partial charge in [0.2, 0.25) is 0 Å². The molecular weight excluding hydrogens is 286 g/mol. The van der Waals surface area contributed by atoms with E-state index >= 15 is 0 Å². The Hall–Kier alpha value is -2.29. The molecule has 0 spiro atoms. The Balaban J connectivity index is 1.60. The summed E-state index contributed by atoms with van der Waals surface area (Å²) in [7, 11) is 0. The number of amides is 1. The molecule has 2 aromatic rings. The summed E-state index contributed by atoms with van der Waals surface area (Å²) in [6.45, 7) is 3.79. The minimum atomic E-state index is -0.519. The van der Waals surface area contributed by atoms with Gasteiger partial charge in [-0.05, 0) is 61.9 Å². The van der Waals surface area contributed by atoms with Gasteiger partial charge >= 0.3 is 0 Å². The lowest BCUT2D eigenvalue weighted by Crippen LogP contribution is -2.37. The van der Waals surface area contributed by atoms with Gasteiger partial charge < -0.3 is 10.1 Å². The first-order valence-electron chi connectivity index (χ1n) is 8.27. The first-order chi connectivity index (χ1) is 11.1. The number of aryl methyl sites for hydroxylation is 2. The first kappa shape index (κ1) is 15.6. The average molecular weight is 309 g/mol. The topological polar surface area (TPSA) is 38.3 Å². The zero-order chi connectivity index (χ0) is 16.2. The molecule has 1 N–H and O–H groups in total. The summed E-state index contributed by atoms with van der Waals surface area (Å²) in [6, 6.07) is 16.0. The number of benzene rings is 2. The molecule has 0 saturated heterocycles. The van der Waals surface area contributed by atoms with Crippen molar-refractivity contribution in [1.29, 1.82) is 0 Å². The van der Waals surface area contributed by atoms with Gasteiger partial charge in [-0.15, -0.1) is 0 Å². The molecule has 0 aliphatic heterocycles. The van der Waals surface area contributed by atoms with Crippen LogP contribution in [0.5, 0.6) is 5.75 Å². The van der Waals surface area contributed by atoms with Crippen molar-refractivity contribution in [3.05, 3.63) is 65.2 Å². The molecular formula is C20H23NO2. The number of rotatable bonds is 5. The molecule has 3 rings (SSSR count). The van der Waals surface area contributed by atoms with Crippen LogP contribution in [0.15, 0.2) is 48.5 Å². The third-order valence-electron chi connectivity index (χ3n) is 4.41. The third-order valence-corrected chi connectivity index (χ3v) is 4.41. The van der Waals surface area contributed by atoms with Crippen molar-refractivity contribution in [2.75, 3.05) is 0 Å². The normalized spacial score (nSPS) is 15.6. The van der Waals surface area contributed by atoms with E-state index in [1.54, 1.807) is 6.92 Å². The van der Waals surface area contributed by atoms with E-state index in [0.717, 1.165) is 12.0 Å². The van der Waals surface area contributed by atoms with E-state index in [2.05, 4.69) is 23.5 Å². The van der Waals surface area contributed by atoms with Gasteiger partial charge in [-0.3, -0.25) is 4.79 Å². The summed E-state index contributed by atoms with van der Waals surface area (Å²) >= 11 is 0. The SMILES string of the molecule is C[C@@H](Oc1ccccc1)C(=O)N[C@H](C)c1ccc2c(c1)CCC2. The van der Waals surface area contributed by atoms with Crippen molar-refractivity contribution < 1.29 is 9.53 Å². The van der Waals surface area contributed by atoms with Crippen LogP contribution >= 0.6 is 0 Å². The number of fused-ring (bicyclic) bond motifs is 1. The van der Waals surface area contributed by atoms with Gasteiger partial charge in [0.15, 0.2) is 6.10 Å². The van der Waals surface area contributed by atoms with Crippen molar-refractivity contribution in [3.8, 4) is 5.75 Å². The van der Waals surface area contributed by atoms with Crippen molar-refractivity contribution in [2.45, 2.75) is 45.3 Å². The van der Waals surface area contributed by atoms with Gasteiger partial charge in [0.25, 0.3) is 5.91 Å². The third kappa shape index (κ3) is 3.73. The second-order valence-corrected chi connectivity index (χ2v) is 6.19. The van der Waals surface area contributed by atoms with Crippen LogP contribution in [0.1, 0.15) is 43.0 Å². The zero-order valence-corrected chi connectivity index (χ0v) is 13.7. The zero-order valence-electron chi connectivity index (χ0n) is 13.7. The lowest BCUT2D eigenvalue weighted by atomic mass is 10.0. The summed E-state index contributed by atoms with van der Waals surface area (Å²) in [5.41, 5.74) is 4.04. The molecule has 0 bridgehead atoms. The van der Waals surface area contributed by atoms with Crippen LogP contribution in [0.4, 0.5) is 0 Å². The minimum absolute atomic E-state index is 0.0183. The summed E-state index contributed by atoms with van der Waals surface area (Å²) in [6.07, 6.45) is 3.05. The predicted octanol–water partition coefficient (Wildman–Crippen LogP) is 3.82. The second kappa shape index (κ2) is 6.86. The van der Waals surface area contributed by atoms with Crippen molar-refractivity contribution in [1.82, 2.24) is 5.32 Å². The second-order valence-electron chi connectivity index (χ2n) is 6.19. The molecule has 0 aromatic heterocycles. The Morgan fingerprint density at radius 1 is 1.04 bits per heavy atom. The lowest BCUT2D eigenvalue weighted by molar-refractivity contribution is -0.127. The smallest absolute Gasteiger partial charge is 0.261 e. The van der Waals surface area contributed by atoms with Gasteiger partial charge in [0, 0.05) is 0 Å². The number of hydrogen-bond donors (Lipinski definition) is 1. The maximum Gasteiger partial charge on any atom is 0.261 e. The van der Waals surface area contributed by atoms with Crippen LogP contribution in [0.25, 0.3) is 0 Å². The van der Waals surface area contributed by atoms with Gasteiger partial charge in [0.1, 0.15) is 5.75 Å². The molecule has 1 aliphatic carbocycles. The van der Waals surface area contributed by atoms with Gasteiger partial charge in [-0.1, -0.05) is 36.4 Å². The largest absolute Gasteiger partial charge is 0.481 e. The van der Waals surface area contributed by atoms with E-state index in [-0.39, 0.29) is 11.9 Å². The number of nitrogens with one attached hydrogen (secondary N) is 1. The van der Waals surface area contributed by atoms with Crippen LogP contribution in [-0.4, -0.2) is 12.0 Å². The fraction of sp³-hybridized carbons (Fsp3) is 0.350. The number of carbonyl (C=O) groups excluding carboxylic acids is 1. The molecule has 1 aliphatic rings. The van der Waals surface area contributed by atoms with Gasteiger partial charge in [0.05, 0.1) is 6.04 Å². The standard InChI is InChI=1S/C20H23NO2/c1-14(17-12-11-16-7-6-8-18(16)13-17)21-20(22)15(2)23-19-9-4-3-5-10-19/h3-5,9-15H,6-8H2,1-2H3,(H,21,22)/t14-,15-/m1/s1. The highest BCUT2D eigenvalue weighted by atomic mass is 16.5. The van der Waals surface area contributed by atoms with Gasteiger partial charge in [-0.2, -0.15) is 0 Å². The Kier molecular flexibility index (Phi) is 4.65. The molecule has 120 valence electrons. The lowest BCUT2D eigenvalue weighted by Gasteiger charge is -2.19. The molecule has 0 saturated carbocycles. The number of ether oxygens (including phenoxy) is 1. The van der Waals surface area contributed by atoms with Crippen molar-refractivity contribution in [3.63, 3.8) is 0 Å². The van der Waals surface area contributed by atoms with E-state index in [0.29, 0.717) is 5.75 Å². The molecule has 2 aromatic carbocycles. The summed E-state index contributed by atoms with van der Waals surface area (Å²) in [4.78, 5) is 12.3. The Morgan fingerprint density at radius 2 is 1.78 bits per heavy atom. The van der Waals surface area contributed by atoms with E-state index in [1.807, 2.05) is 37.3 Å². The Bertz CT molecular complexity index is 681. The van der Waals surface area contributed by atoms with Crippen molar-refractivity contribution in [2.24, 2.45) is 0 Å². The van der Waals surface area contributed by atoms with E-state index in [1.165, 1.54) is 24.0 Å². The summed E-state index contributed by atoms with van der Waals surface area (Å²) < 4.78 is 5.67. The highest BCUT2D eigenvalue weighted by Crippen LogP contribution is 2.25. The van der Waals surface area contributed by atoms with Gasteiger partial charge in [-0.25, -0.2) is 0 Å². The Morgan fingerprint density at radius 3 is 2.57 bits per heavy atom. The number of para-hydroxylation sites is 1. The fourth-order valence-corrected chi connectivity index (χ4v) is 3.03. The van der Waals surface area contributed by atoms with Crippen molar-refractivity contribution >= 4 is 5.91 Å².